The van der Waals surface area contributed by atoms with E-state index in [0.717, 1.165) is 116 Å². The van der Waals surface area contributed by atoms with Gasteiger partial charge in [0.1, 0.15) is 6.10 Å². The second kappa shape index (κ2) is 42.8. The fraction of sp³-hybridized carbons (Fsp3) is 0.917. The maximum Gasteiger partial charge on any atom is 0.508 e. The van der Waals surface area contributed by atoms with Crippen LogP contribution in [0, 0.1) is 5.92 Å². The second-order valence-electron chi connectivity index (χ2n) is 16.4. The van der Waals surface area contributed by atoms with Crippen molar-refractivity contribution >= 4 is 24.1 Å². The van der Waals surface area contributed by atoms with Gasteiger partial charge in [-0.25, -0.2) is 4.79 Å². The van der Waals surface area contributed by atoms with Crippen LogP contribution in [-0.4, -0.2) is 81.1 Å². The fourth-order valence-corrected chi connectivity index (χ4v) is 7.06. The van der Waals surface area contributed by atoms with Crippen molar-refractivity contribution in [1.29, 1.82) is 0 Å². The first-order chi connectivity index (χ1) is 28.3. The third kappa shape index (κ3) is 37.9. The predicted octanol–water partition coefficient (Wildman–Crippen LogP) is 12.9. The zero-order valence-electron chi connectivity index (χ0n) is 38.4. The maximum absolute atomic E-state index is 12.6. The predicted molar refractivity (Wildman–Crippen MR) is 236 cm³/mol. The summed E-state index contributed by atoms with van der Waals surface area (Å²) in [6.07, 6.45) is 28.2. The summed E-state index contributed by atoms with van der Waals surface area (Å²) in [6.45, 7) is 14.7. The van der Waals surface area contributed by atoms with Gasteiger partial charge in [0.25, 0.3) is 0 Å². The van der Waals surface area contributed by atoms with E-state index < -0.39 is 6.16 Å². The number of hydrogen-bond acceptors (Lipinski definition) is 10. The van der Waals surface area contributed by atoms with Gasteiger partial charge in [0.15, 0.2) is 0 Å². The first-order valence-electron chi connectivity index (χ1n) is 24.3. The lowest BCUT2D eigenvalue weighted by Crippen LogP contribution is -2.26. The van der Waals surface area contributed by atoms with Crippen LogP contribution in [0.5, 0.6) is 0 Å². The molecule has 10 heteroatoms. The maximum atomic E-state index is 12.6. The summed E-state index contributed by atoms with van der Waals surface area (Å²) >= 11 is 0. The summed E-state index contributed by atoms with van der Waals surface area (Å²) in [5, 5.41) is 0. The fourth-order valence-electron chi connectivity index (χ4n) is 7.06. The molecular formula is C48H91NO9. The molecule has 0 rings (SSSR count). The SMILES string of the molecule is CCCCCCCCCCCCC(CCOC(=O)CCCCCC(COC(=O)CCCCCCC)COC(=O)CCCCCCC)OC(=O)OCCCN(CC)CC. The number of unbranched alkanes of at least 4 members (excludes halogenated alkanes) is 19. The zero-order valence-corrected chi connectivity index (χ0v) is 38.4. The summed E-state index contributed by atoms with van der Waals surface area (Å²) in [7, 11) is 0. The second-order valence-corrected chi connectivity index (χ2v) is 16.4. The Hall–Kier alpha value is -2.36. The Morgan fingerprint density at radius 2 is 0.828 bits per heavy atom. The van der Waals surface area contributed by atoms with E-state index in [0.29, 0.717) is 38.7 Å². The van der Waals surface area contributed by atoms with Gasteiger partial charge in [-0.05, 0) is 58.0 Å². The van der Waals surface area contributed by atoms with Crippen molar-refractivity contribution in [1.82, 2.24) is 4.90 Å². The number of rotatable bonds is 43. The molecule has 0 heterocycles. The molecule has 342 valence electrons. The molecule has 0 saturated carbocycles. The molecule has 0 aliphatic carbocycles. The molecule has 1 unspecified atom stereocenters. The van der Waals surface area contributed by atoms with Crippen molar-refractivity contribution in [3.05, 3.63) is 0 Å². The van der Waals surface area contributed by atoms with E-state index >= 15 is 0 Å². The third-order valence-corrected chi connectivity index (χ3v) is 11.0. The van der Waals surface area contributed by atoms with Crippen LogP contribution >= 0.6 is 0 Å². The molecular weight excluding hydrogens is 735 g/mol. The Balaban J connectivity index is 4.72. The van der Waals surface area contributed by atoms with Crippen LogP contribution in [0.4, 0.5) is 4.79 Å². The Bertz CT molecular complexity index is 927. The van der Waals surface area contributed by atoms with Gasteiger partial charge in [-0.3, -0.25) is 14.4 Å². The van der Waals surface area contributed by atoms with Crippen molar-refractivity contribution in [2.45, 2.75) is 233 Å². The highest BCUT2D eigenvalue weighted by molar-refractivity contribution is 5.70. The third-order valence-electron chi connectivity index (χ3n) is 11.0. The first-order valence-corrected chi connectivity index (χ1v) is 24.3. The standard InChI is InChI=1S/C48H91NO9/c1-6-11-14-17-18-19-20-21-24-27-33-44(58-48(53)55-39-31-38-49(9-4)10-5)37-40-54-45(50)34-30-25-26-32-43(41-56-46(51)35-28-22-15-12-7-2)42-57-47(52)36-29-23-16-13-8-3/h43-44H,6-42H2,1-5H3. The minimum atomic E-state index is -0.643. The lowest BCUT2D eigenvalue weighted by atomic mass is 10.0. The molecule has 0 amide bonds. The van der Waals surface area contributed by atoms with Crippen LogP contribution in [0.15, 0.2) is 0 Å². The van der Waals surface area contributed by atoms with E-state index in [1.54, 1.807) is 0 Å². The van der Waals surface area contributed by atoms with Gasteiger partial charge in [-0.2, -0.15) is 0 Å². The molecule has 0 aliphatic heterocycles. The van der Waals surface area contributed by atoms with Crippen molar-refractivity contribution < 1.29 is 42.9 Å². The summed E-state index contributed by atoms with van der Waals surface area (Å²) in [6, 6.07) is 0. The summed E-state index contributed by atoms with van der Waals surface area (Å²) < 4.78 is 27.9. The van der Waals surface area contributed by atoms with E-state index in [1.807, 2.05) is 0 Å². The summed E-state index contributed by atoms with van der Waals surface area (Å²) in [5.74, 6) is -0.702. The van der Waals surface area contributed by atoms with Gasteiger partial charge < -0.3 is 28.6 Å². The molecule has 0 fully saturated rings. The van der Waals surface area contributed by atoms with E-state index in [1.165, 1.54) is 64.2 Å². The number of carbonyl (C=O) groups excluding carboxylic acids is 4. The Morgan fingerprint density at radius 1 is 0.414 bits per heavy atom. The van der Waals surface area contributed by atoms with Crippen molar-refractivity contribution in [2.75, 3.05) is 46.1 Å². The summed E-state index contributed by atoms with van der Waals surface area (Å²) in [5.41, 5.74) is 0. The van der Waals surface area contributed by atoms with Crippen LogP contribution in [0.3, 0.4) is 0 Å². The highest BCUT2D eigenvalue weighted by Gasteiger charge is 2.18. The average molecular weight is 826 g/mol. The molecule has 0 saturated heterocycles. The largest absolute Gasteiger partial charge is 0.508 e. The average Bonchev–Trinajstić information content (AvgIpc) is 3.21. The van der Waals surface area contributed by atoms with Crippen LogP contribution < -0.4 is 0 Å². The molecule has 0 aromatic heterocycles. The molecule has 0 aromatic carbocycles. The molecule has 0 spiro atoms. The number of hydrogen-bond donors (Lipinski definition) is 0. The molecule has 0 N–H and O–H groups in total. The number of carbonyl (C=O) groups is 4. The van der Waals surface area contributed by atoms with E-state index in [9.17, 15) is 19.2 Å². The number of esters is 3. The highest BCUT2D eigenvalue weighted by atomic mass is 16.7. The van der Waals surface area contributed by atoms with Gasteiger partial charge in [0.2, 0.25) is 0 Å². The van der Waals surface area contributed by atoms with E-state index in [2.05, 4.69) is 39.5 Å². The van der Waals surface area contributed by atoms with Crippen LogP contribution in [0.2, 0.25) is 0 Å². The van der Waals surface area contributed by atoms with Crippen LogP contribution in [-0.2, 0) is 38.1 Å². The lowest BCUT2D eigenvalue weighted by molar-refractivity contribution is -0.149. The Morgan fingerprint density at radius 3 is 1.31 bits per heavy atom. The molecule has 0 bridgehead atoms. The summed E-state index contributed by atoms with van der Waals surface area (Å²) in [4.78, 5) is 52.3. The molecule has 1 atom stereocenters. The Kier molecular flexibility index (Phi) is 41.0. The zero-order chi connectivity index (χ0) is 42.7. The van der Waals surface area contributed by atoms with Crippen LogP contribution in [0.1, 0.15) is 227 Å². The van der Waals surface area contributed by atoms with Crippen molar-refractivity contribution in [2.24, 2.45) is 5.92 Å². The van der Waals surface area contributed by atoms with Crippen molar-refractivity contribution in [3.63, 3.8) is 0 Å². The molecule has 58 heavy (non-hydrogen) atoms. The van der Waals surface area contributed by atoms with Gasteiger partial charge in [-0.1, -0.05) is 157 Å². The smallest absolute Gasteiger partial charge is 0.466 e. The minimum absolute atomic E-state index is 0.0680. The quantitative estimate of drug-likeness (QED) is 0.0334. The normalized spacial score (nSPS) is 11.8. The van der Waals surface area contributed by atoms with Crippen LogP contribution in [0.25, 0.3) is 0 Å². The van der Waals surface area contributed by atoms with Gasteiger partial charge in [0.05, 0.1) is 26.4 Å². The monoisotopic (exact) mass is 826 g/mol. The molecule has 10 nitrogen and oxygen atoms in total. The minimum Gasteiger partial charge on any atom is -0.466 e. The van der Waals surface area contributed by atoms with Gasteiger partial charge in [-0.15, -0.1) is 0 Å². The van der Waals surface area contributed by atoms with Gasteiger partial charge >= 0.3 is 24.1 Å². The number of ether oxygens (including phenoxy) is 5. The number of nitrogens with zero attached hydrogens (tertiary/aromatic N) is 1. The first kappa shape index (κ1) is 55.6. The van der Waals surface area contributed by atoms with E-state index in [4.69, 9.17) is 23.7 Å². The van der Waals surface area contributed by atoms with Crippen molar-refractivity contribution in [3.8, 4) is 0 Å². The molecule has 0 aliphatic rings. The molecule has 0 aromatic rings. The van der Waals surface area contributed by atoms with Gasteiger partial charge in [0, 0.05) is 38.1 Å². The topological polar surface area (TPSA) is 118 Å². The lowest BCUT2D eigenvalue weighted by Gasteiger charge is -2.19. The Labute approximate surface area is 356 Å². The van der Waals surface area contributed by atoms with E-state index in [-0.39, 0.29) is 49.8 Å². The highest BCUT2D eigenvalue weighted by Crippen LogP contribution is 2.18. The molecule has 0 radical (unpaired) electrons.